The molecule has 8 heteroatoms. The Morgan fingerprint density at radius 1 is 1.10 bits per heavy atom. The van der Waals surface area contributed by atoms with Crippen molar-refractivity contribution in [3.63, 3.8) is 0 Å². The monoisotopic (exact) mass is 404 g/mol. The van der Waals surface area contributed by atoms with Gasteiger partial charge in [0.15, 0.2) is 5.82 Å². The number of nitrogens with one attached hydrogen (secondary N) is 1. The summed E-state index contributed by atoms with van der Waals surface area (Å²) in [4.78, 5) is 24.7. The molecule has 0 saturated carbocycles. The van der Waals surface area contributed by atoms with E-state index in [2.05, 4.69) is 20.3 Å². The first-order valence-corrected chi connectivity index (χ1v) is 9.03. The van der Waals surface area contributed by atoms with Gasteiger partial charge in [0.1, 0.15) is 22.9 Å². The number of pyridine rings is 1. The van der Waals surface area contributed by atoms with Crippen LogP contribution in [0.4, 0.5) is 10.2 Å². The number of aromatic carboxylic acids is 1. The second-order valence-corrected chi connectivity index (χ2v) is 6.46. The fourth-order valence-corrected chi connectivity index (χ4v) is 3.21. The van der Waals surface area contributed by atoms with Gasteiger partial charge in [-0.2, -0.15) is 0 Å². The van der Waals surface area contributed by atoms with Crippen LogP contribution in [-0.2, 0) is 0 Å². The number of carboxylic acids is 1. The van der Waals surface area contributed by atoms with Crippen molar-refractivity contribution in [3.05, 3.63) is 66.2 Å². The van der Waals surface area contributed by atoms with Gasteiger partial charge < -0.3 is 15.2 Å². The molecule has 30 heavy (non-hydrogen) atoms. The largest absolute Gasteiger partial charge is 0.494 e. The Balaban J connectivity index is 1.95. The van der Waals surface area contributed by atoms with Crippen LogP contribution < -0.4 is 10.1 Å². The molecule has 2 N–H and O–H groups in total. The van der Waals surface area contributed by atoms with Crippen molar-refractivity contribution in [3.8, 4) is 28.3 Å². The highest BCUT2D eigenvalue weighted by molar-refractivity contribution is 5.98. The zero-order valence-corrected chi connectivity index (χ0v) is 16.2. The number of halogens is 1. The van der Waals surface area contributed by atoms with E-state index in [4.69, 9.17) is 4.74 Å². The summed E-state index contributed by atoms with van der Waals surface area (Å²) in [6, 6.07) is 11.2. The van der Waals surface area contributed by atoms with E-state index in [1.807, 2.05) is 12.1 Å². The summed E-state index contributed by atoms with van der Waals surface area (Å²) in [5.74, 6) is -0.588. The number of anilines is 1. The van der Waals surface area contributed by atoms with Crippen molar-refractivity contribution in [2.75, 3.05) is 19.5 Å². The maximum atomic E-state index is 13.8. The number of hydrogen-bond acceptors (Lipinski definition) is 6. The van der Waals surface area contributed by atoms with E-state index in [0.29, 0.717) is 39.4 Å². The Bertz CT molecular complexity index is 1260. The molecular formula is C22H17FN4O3. The summed E-state index contributed by atoms with van der Waals surface area (Å²) in [6.07, 6.45) is 3.35. The molecule has 7 nitrogen and oxygen atoms in total. The van der Waals surface area contributed by atoms with Gasteiger partial charge in [-0.15, -0.1) is 0 Å². The highest BCUT2D eigenvalue weighted by Gasteiger charge is 2.17. The lowest BCUT2D eigenvalue weighted by Crippen LogP contribution is -2.02. The molecule has 2 aromatic heterocycles. The number of ether oxygens (including phenoxy) is 1. The summed E-state index contributed by atoms with van der Waals surface area (Å²) >= 11 is 0. The van der Waals surface area contributed by atoms with E-state index in [9.17, 15) is 14.3 Å². The van der Waals surface area contributed by atoms with Crippen molar-refractivity contribution >= 4 is 22.7 Å². The number of fused-ring (bicyclic) bond motifs is 1. The van der Waals surface area contributed by atoms with Gasteiger partial charge in [-0.3, -0.25) is 4.98 Å². The minimum Gasteiger partial charge on any atom is -0.494 e. The Hall–Kier alpha value is -4.07. The summed E-state index contributed by atoms with van der Waals surface area (Å²) < 4.78 is 19.4. The molecule has 0 fully saturated rings. The van der Waals surface area contributed by atoms with E-state index in [0.717, 1.165) is 11.6 Å². The predicted octanol–water partition coefficient (Wildman–Crippen LogP) is 4.25. The molecule has 0 spiro atoms. The molecule has 2 aromatic carbocycles. The second kappa shape index (κ2) is 7.75. The Morgan fingerprint density at radius 2 is 1.93 bits per heavy atom. The third-order valence-corrected chi connectivity index (χ3v) is 4.67. The molecular weight excluding hydrogens is 387 g/mol. The number of carboxylic acid groups (broad SMARTS) is 1. The molecule has 0 saturated heterocycles. The topological polar surface area (TPSA) is 97.2 Å². The third-order valence-electron chi connectivity index (χ3n) is 4.67. The quantitative estimate of drug-likeness (QED) is 0.513. The van der Waals surface area contributed by atoms with Gasteiger partial charge in [0.2, 0.25) is 0 Å². The van der Waals surface area contributed by atoms with Crippen molar-refractivity contribution in [1.82, 2.24) is 15.0 Å². The van der Waals surface area contributed by atoms with Crippen molar-refractivity contribution < 1.29 is 19.0 Å². The van der Waals surface area contributed by atoms with Crippen molar-refractivity contribution in [1.29, 1.82) is 0 Å². The van der Waals surface area contributed by atoms with Gasteiger partial charge in [0, 0.05) is 30.4 Å². The number of aromatic nitrogens is 3. The molecule has 0 radical (unpaired) electrons. The maximum absolute atomic E-state index is 13.8. The number of methoxy groups -OCH3 is 1. The smallest absolute Gasteiger partial charge is 0.338 e. The number of rotatable bonds is 5. The average Bonchev–Trinajstić information content (AvgIpc) is 2.78. The van der Waals surface area contributed by atoms with Crippen LogP contribution in [0.25, 0.3) is 33.4 Å². The van der Waals surface area contributed by atoms with Gasteiger partial charge in [0.05, 0.1) is 12.7 Å². The molecule has 2 heterocycles. The number of nitrogens with zero attached hydrogens (tertiary/aromatic N) is 3. The Labute approximate surface area is 171 Å². The van der Waals surface area contributed by atoms with E-state index in [1.165, 1.54) is 19.2 Å². The van der Waals surface area contributed by atoms with Crippen LogP contribution in [0, 0.1) is 5.82 Å². The standard InChI is InChI=1S/C22H17FN4O3/c1-24-21-16-9-14(12-5-6-17(23)15(8-12)22(28)29)10-18(30-2)19(16)26-20(27-21)13-4-3-7-25-11-13/h3-11H,1-2H3,(H,28,29)(H,24,26,27). The summed E-state index contributed by atoms with van der Waals surface area (Å²) in [5.41, 5.74) is 2.12. The Kier molecular flexibility index (Phi) is 4.97. The zero-order chi connectivity index (χ0) is 21.3. The molecule has 0 atom stereocenters. The lowest BCUT2D eigenvalue weighted by Gasteiger charge is -2.14. The number of benzene rings is 2. The van der Waals surface area contributed by atoms with E-state index < -0.39 is 17.3 Å². The van der Waals surface area contributed by atoms with Crippen LogP contribution in [0.5, 0.6) is 5.75 Å². The molecule has 0 unspecified atom stereocenters. The van der Waals surface area contributed by atoms with Crippen LogP contribution in [-0.4, -0.2) is 40.2 Å². The van der Waals surface area contributed by atoms with Crippen LogP contribution in [0.15, 0.2) is 54.9 Å². The van der Waals surface area contributed by atoms with Gasteiger partial charge in [-0.05, 0) is 47.5 Å². The minimum atomic E-state index is -1.33. The SMILES string of the molecule is CNc1nc(-c2cccnc2)nc2c(OC)cc(-c3ccc(F)c(C(=O)O)c3)cc12. The molecule has 0 aliphatic rings. The fraction of sp³-hybridized carbons (Fsp3) is 0.0909. The van der Waals surface area contributed by atoms with Gasteiger partial charge >= 0.3 is 5.97 Å². The molecule has 0 aliphatic carbocycles. The normalized spacial score (nSPS) is 10.8. The van der Waals surface area contributed by atoms with Gasteiger partial charge in [0.25, 0.3) is 0 Å². The highest BCUT2D eigenvalue weighted by atomic mass is 19.1. The second-order valence-electron chi connectivity index (χ2n) is 6.46. The molecule has 150 valence electrons. The fourth-order valence-electron chi connectivity index (χ4n) is 3.21. The first-order chi connectivity index (χ1) is 14.5. The molecule has 0 amide bonds. The predicted molar refractivity (Wildman–Crippen MR) is 111 cm³/mol. The maximum Gasteiger partial charge on any atom is 0.338 e. The van der Waals surface area contributed by atoms with Gasteiger partial charge in [-0.1, -0.05) is 6.07 Å². The molecule has 4 aromatic rings. The lowest BCUT2D eigenvalue weighted by atomic mass is 10.00. The first kappa shape index (κ1) is 19.3. The van der Waals surface area contributed by atoms with Crippen LogP contribution >= 0.6 is 0 Å². The highest BCUT2D eigenvalue weighted by Crippen LogP contribution is 2.36. The first-order valence-electron chi connectivity index (χ1n) is 9.03. The van der Waals surface area contributed by atoms with E-state index >= 15 is 0 Å². The van der Waals surface area contributed by atoms with Crippen LogP contribution in [0.2, 0.25) is 0 Å². The summed E-state index contributed by atoms with van der Waals surface area (Å²) in [5, 5.41) is 13.0. The zero-order valence-electron chi connectivity index (χ0n) is 16.2. The Morgan fingerprint density at radius 3 is 2.60 bits per heavy atom. The van der Waals surface area contributed by atoms with Gasteiger partial charge in [-0.25, -0.2) is 19.2 Å². The van der Waals surface area contributed by atoms with Crippen molar-refractivity contribution in [2.45, 2.75) is 0 Å². The van der Waals surface area contributed by atoms with E-state index in [-0.39, 0.29) is 0 Å². The molecule has 4 rings (SSSR count). The minimum absolute atomic E-state index is 0.399. The lowest BCUT2D eigenvalue weighted by molar-refractivity contribution is 0.0692. The average molecular weight is 404 g/mol. The number of hydrogen-bond donors (Lipinski definition) is 2. The van der Waals surface area contributed by atoms with E-state index in [1.54, 1.807) is 31.6 Å². The summed E-state index contributed by atoms with van der Waals surface area (Å²) in [6.45, 7) is 0. The number of carbonyl (C=O) groups is 1. The molecule has 0 aliphatic heterocycles. The summed E-state index contributed by atoms with van der Waals surface area (Å²) in [7, 11) is 3.27. The van der Waals surface area contributed by atoms with Crippen LogP contribution in [0.1, 0.15) is 10.4 Å². The third kappa shape index (κ3) is 3.39. The van der Waals surface area contributed by atoms with Crippen LogP contribution in [0.3, 0.4) is 0 Å². The molecule has 0 bridgehead atoms. The van der Waals surface area contributed by atoms with Crippen molar-refractivity contribution in [2.24, 2.45) is 0 Å².